The molecule has 0 saturated carbocycles. The van der Waals surface area contributed by atoms with Gasteiger partial charge in [-0.2, -0.15) is 13.2 Å². The van der Waals surface area contributed by atoms with Gasteiger partial charge in [-0.3, -0.25) is 9.69 Å². The second-order valence-electron chi connectivity index (χ2n) is 9.90. The van der Waals surface area contributed by atoms with E-state index < -0.39 is 22.8 Å². The molecule has 0 spiro atoms. The zero-order chi connectivity index (χ0) is 24.9. The Bertz CT molecular complexity index is 1060. The molecule has 0 radical (unpaired) electrons. The number of rotatable bonds is 5. The molecule has 2 aliphatic rings. The lowest BCUT2D eigenvalue weighted by molar-refractivity contribution is -0.228. The Kier molecular flexibility index (Phi) is 6.25. The summed E-state index contributed by atoms with van der Waals surface area (Å²) in [6, 6.07) is 10.5. The molecule has 2 aromatic rings. The zero-order valence-corrected chi connectivity index (χ0v) is 19.6. The molecule has 1 amide bonds. The molecular weight excluding hydrogens is 451 g/mol. The predicted octanol–water partition coefficient (Wildman–Crippen LogP) is 5.16. The first-order chi connectivity index (χ1) is 15.8. The van der Waals surface area contributed by atoms with Gasteiger partial charge in [-0.1, -0.05) is 30.3 Å². The molecule has 34 heavy (non-hydrogen) atoms. The van der Waals surface area contributed by atoms with Gasteiger partial charge in [0.25, 0.3) is 0 Å². The summed E-state index contributed by atoms with van der Waals surface area (Å²) in [7, 11) is 3.41. The molecule has 0 aromatic heterocycles. The van der Waals surface area contributed by atoms with Gasteiger partial charge in [0.2, 0.25) is 11.6 Å². The molecule has 1 aliphatic heterocycles. The standard InChI is InChI=1S/C26H29F5N2O/c1-24(28,26(29,30)31)19-7-10-21-18(14-19)6-11-22-25(21,15-17-4-8-20(27)9-5-17)12-13-33(22)16-23(34)32(2)3/h4-5,7-10,14,22H,6,11-13,15-16H2,1-3H3/t22-,24?,25-/m1/s1. The summed E-state index contributed by atoms with van der Waals surface area (Å²) in [6.07, 6.45) is -2.61. The van der Waals surface area contributed by atoms with Crippen molar-refractivity contribution in [3.63, 3.8) is 0 Å². The van der Waals surface area contributed by atoms with Gasteiger partial charge in [0, 0.05) is 25.6 Å². The normalized spacial score (nSPS) is 24.3. The first-order valence-electron chi connectivity index (χ1n) is 11.4. The molecule has 3 nitrogen and oxygen atoms in total. The van der Waals surface area contributed by atoms with Crippen LogP contribution in [0.4, 0.5) is 22.0 Å². The first kappa shape index (κ1) is 24.6. The van der Waals surface area contributed by atoms with Crippen LogP contribution in [0.3, 0.4) is 0 Å². The van der Waals surface area contributed by atoms with Crippen molar-refractivity contribution in [2.45, 2.75) is 55.9 Å². The Balaban J connectivity index is 1.76. The second kappa shape index (κ2) is 8.63. The largest absolute Gasteiger partial charge is 0.426 e. The number of fused-ring (bicyclic) bond motifs is 3. The number of halogens is 5. The number of likely N-dealkylation sites (N-methyl/N-ethyl adjacent to an activating group) is 1. The van der Waals surface area contributed by atoms with E-state index in [4.69, 9.17) is 0 Å². The predicted molar refractivity (Wildman–Crippen MR) is 120 cm³/mol. The van der Waals surface area contributed by atoms with Gasteiger partial charge in [-0.25, -0.2) is 8.78 Å². The molecule has 0 N–H and O–H groups in total. The quantitative estimate of drug-likeness (QED) is 0.552. The molecular formula is C26H29F5N2O. The fourth-order valence-corrected chi connectivity index (χ4v) is 5.59. The molecule has 0 bridgehead atoms. The molecule has 3 atom stereocenters. The Labute approximate surface area is 196 Å². The number of likely N-dealkylation sites (tertiary alicyclic amines) is 1. The third-order valence-electron chi connectivity index (χ3n) is 7.60. The van der Waals surface area contributed by atoms with E-state index in [-0.39, 0.29) is 24.3 Å². The van der Waals surface area contributed by atoms with E-state index in [9.17, 15) is 26.7 Å². The lowest BCUT2D eigenvalue weighted by Gasteiger charge is -2.44. The topological polar surface area (TPSA) is 23.6 Å². The number of nitrogens with zero attached hydrogens (tertiary/aromatic N) is 2. The molecule has 8 heteroatoms. The van der Waals surface area contributed by atoms with Gasteiger partial charge >= 0.3 is 6.18 Å². The minimum absolute atomic E-state index is 0.000760. The monoisotopic (exact) mass is 480 g/mol. The zero-order valence-electron chi connectivity index (χ0n) is 19.6. The number of carbonyl (C=O) groups is 1. The number of carbonyl (C=O) groups excluding carboxylic acids is 1. The van der Waals surface area contributed by atoms with Gasteiger partial charge in [-0.05, 0) is 73.5 Å². The van der Waals surface area contributed by atoms with E-state index in [0.29, 0.717) is 44.7 Å². The third kappa shape index (κ3) is 4.21. The van der Waals surface area contributed by atoms with Crippen LogP contribution < -0.4 is 0 Å². The van der Waals surface area contributed by atoms with Crippen LogP contribution in [0.5, 0.6) is 0 Å². The Morgan fingerprint density at radius 2 is 1.79 bits per heavy atom. The minimum atomic E-state index is -5.01. The number of aryl methyl sites for hydroxylation is 1. The van der Waals surface area contributed by atoms with Crippen LogP contribution in [-0.2, 0) is 28.7 Å². The summed E-state index contributed by atoms with van der Waals surface area (Å²) in [5, 5.41) is 0. The Morgan fingerprint density at radius 3 is 2.41 bits per heavy atom. The summed E-state index contributed by atoms with van der Waals surface area (Å²) in [4.78, 5) is 16.2. The van der Waals surface area contributed by atoms with Crippen LogP contribution in [0.2, 0.25) is 0 Å². The van der Waals surface area contributed by atoms with E-state index in [2.05, 4.69) is 4.90 Å². The maximum absolute atomic E-state index is 14.7. The highest BCUT2D eigenvalue weighted by molar-refractivity contribution is 5.77. The van der Waals surface area contributed by atoms with E-state index in [1.165, 1.54) is 24.3 Å². The van der Waals surface area contributed by atoms with Gasteiger partial charge < -0.3 is 4.90 Å². The van der Waals surface area contributed by atoms with E-state index in [1.54, 1.807) is 37.2 Å². The molecule has 4 rings (SSSR count). The fraction of sp³-hybridized carbons (Fsp3) is 0.500. The van der Waals surface area contributed by atoms with Crippen LogP contribution in [-0.4, -0.2) is 55.1 Å². The van der Waals surface area contributed by atoms with Gasteiger partial charge in [-0.15, -0.1) is 0 Å². The maximum atomic E-state index is 14.7. The maximum Gasteiger partial charge on any atom is 0.426 e. The highest BCUT2D eigenvalue weighted by atomic mass is 19.4. The number of benzene rings is 2. The summed E-state index contributed by atoms with van der Waals surface area (Å²) in [6.45, 7) is 1.47. The molecule has 1 aliphatic carbocycles. The summed E-state index contributed by atoms with van der Waals surface area (Å²) in [5.41, 5.74) is -1.77. The summed E-state index contributed by atoms with van der Waals surface area (Å²) < 4.78 is 68.3. The highest BCUT2D eigenvalue weighted by Gasteiger charge is 2.55. The molecule has 1 unspecified atom stereocenters. The summed E-state index contributed by atoms with van der Waals surface area (Å²) >= 11 is 0. The van der Waals surface area contributed by atoms with E-state index in [0.717, 1.165) is 11.1 Å². The van der Waals surface area contributed by atoms with Crippen molar-refractivity contribution in [3.05, 3.63) is 70.5 Å². The SMILES string of the molecule is CN(C)C(=O)CN1CC[C@@]2(Cc3ccc(F)cc3)c3ccc(C(C)(F)C(F)(F)F)cc3CC[C@@H]12. The number of hydrogen-bond acceptors (Lipinski definition) is 2. The second-order valence-corrected chi connectivity index (χ2v) is 9.90. The fourth-order valence-electron chi connectivity index (χ4n) is 5.59. The number of hydrogen-bond donors (Lipinski definition) is 0. The summed E-state index contributed by atoms with van der Waals surface area (Å²) in [5.74, 6) is -0.359. The lowest BCUT2D eigenvalue weighted by Crippen LogP contribution is -2.49. The molecule has 184 valence electrons. The molecule has 2 aromatic carbocycles. The third-order valence-corrected chi connectivity index (χ3v) is 7.60. The molecule has 1 heterocycles. The van der Waals surface area contributed by atoms with Gasteiger partial charge in [0.1, 0.15) is 5.82 Å². The van der Waals surface area contributed by atoms with E-state index >= 15 is 0 Å². The highest BCUT2D eigenvalue weighted by Crippen LogP contribution is 2.50. The van der Waals surface area contributed by atoms with E-state index in [1.807, 2.05) is 0 Å². The smallest absolute Gasteiger partial charge is 0.348 e. The Hall–Kier alpha value is -2.48. The van der Waals surface area contributed by atoms with Gasteiger partial charge in [0.15, 0.2) is 0 Å². The molecule has 1 fully saturated rings. The average molecular weight is 481 g/mol. The van der Waals surface area contributed by atoms with Crippen LogP contribution >= 0.6 is 0 Å². The van der Waals surface area contributed by atoms with Crippen molar-refractivity contribution >= 4 is 5.91 Å². The van der Waals surface area contributed by atoms with Crippen molar-refractivity contribution in [2.75, 3.05) is 27.2 Å². The lowest BCUT2D eigenvalue weighted by atomic mass is 9.63. The minimum Gasteiger partial charge on any atom is -0.348 e. The Morgan fingerprint density at radius 1 is 1.12 bits per heavy atom. The van der Waals surface area contributed by atoms with Crippen molar-refractivity contribution in [1.29, 1.82) is 0 Å². The van der Waals surface area contributed by atoms with Crippen molar-refractivity contribution in [3.8, 4) is 0 Å². The van der Waals surface area contributed by atoms with Crippen LogP contribution in [0.1, 0.15) is 42.0 Å². The van der Waals surface area contributed by atoms with Crippen molar-refractivity contribution < 1.29 is 26.7 Å². The first-order valence-corrected chi connectivity index (χ1v) is 11.4. The average Bonchev–Trinajstić information content (AvgIpc) is 3.12. The number of alkyl halides is 4. The van der Waals surface area contributed by atoms with Crippen LogP contribution in [0, 0.1) is 5.82 Å². The number of amides is 1. The van der Waals surface area contributed by atoms with Crippen LogP contribution in [0.15, 0.2) is 42.5 Å². The van der Waals surface area contributed by atoms with Gasteiger partial charge in [0.05, 0.1) is 6.54 Å². The van der Waals surface area contributed by atoms with Crippen LogP contribution in [0.25, 0.3) is 0 Å². The van der Waals surface area contributed by atoms with Crippen molar-refractivity contribution in [1.82, 2.24) is 9.80 Å². The van der Waals surface area contributed by atoms with Crippen molar-refractivity contribution in [2.24, 2.45) is 0 Å². The molecule has 1 saturated heterocycles.